The Labute approximate surface area is 192 Å². The van der Waals surface area contributed by atoms with E-state index in [-0.39, 0.29) is 31.5 Å². The molecule has 0 radical (unpaired) electrons. The largest absolute Gasteiger partial charge is 0.469 e. The molecule has 33 heavy (non-hydrogen) atoms. The fourth-order valence-electron chi connectivity index (χ4n) is 3.13. The predicted octanol–water partition coefficient (Wildman–Crippen LogP) is 0.675. The van der Waals surface area contributed by atoms with E-state index in [1.54, 1.807) is 0 Å². The molecule has 1 rings (SSSR count). The standard InChI is InChI=1S/C21H32O12/c1-11(7-8-17(26)27-6)9-29-21-20(32-15(5)25)19(31-14(4)24)18(30-13(3)23)16(33-21)10-28-12(2)22/h11,16,18-21H,7-10H2,1-6H3/t11?,16-,18-,19+,20-,21?/m1/s1. The lowest BCUT2D eigenvalue weighted by Gasteiger charge is -2.44. The molecule has 2 unspecified atom stereocenters. The molecule has 188 valence electrons. The third-order valence-electron chi connectivity index (χ3n) is 4.56. The number of ether oxygens (including phenoxy) is 7. The Balaban J connectivity index is 3.14. The van der Waals surface area contributed by atoms with Crippen molar-refractivity contribution in [1.29, 1.82) is 0 Å². The maximum absolute atomic E-state index is 11.8. The highest BCUT2D eigenvalue weighted by atomic mass is 16.7. The fraction of sp³-hybridized carbons (Fsp3) is 0.762. The van der Waals surface area contributed by atoms with E-state index in [9.17, 15) is 24.0 Å². The van der Waals surface area contributed by atoms with Gasteiger partial charge in [0.15, 0.2) is 24.6 Å². The van der Waals surface area contributed by atoms with Crippen LogP contribution >= 0.6 is 0 Å². The van der Waals surface area contributed by atoms with Crippen LogP contribution in [0.15, 0.2) is 0 Å². The number of hydrogen-bond acceptors (Lipinski definition) is 12. The van der Waals surface area contributed by atoms with E-state index in [0.717, 1.165) is 20.8 Å². The van der Waals surface area contributed by atoms with Crippen molar-refractivity contribution in [3.63, 3.8) is 0 Å². The molecule has 12 nitrogen and oxygen atoms in total. The highest BCUT2D eigenvalue weighted by Crippen LogP contribution is 2.30. The molecule has 1 saturated heterocycles. The van der Waals surface area contributed by atoms with Crippen LogP contribution in [-0.2, 0) is 57.1 Å². The Hall–Kier alpha value is -2.73. The van der Waals surface area contributed by atoms with Crippen molar-refractivity contribution >= 4 is 29.8 Å². The Bertz CT molecular complexity index is 705. The Kier molecular flexibility index (Phi) is 11.8. The van der Waals surface area contributed by atoms with Gasteiger partial charge in [-0.05, 0) is 12.3 Å². The molecule has 1 heterocycles. The molecule has 1 aliphatic rings. The molecule has 0 aromatic rings. The van der Waals surface area contributed by atoms with Crippen molar-refractivity contribution in [1.82, 2.24) is 0 Å². The van der Waals surface area contributed by atoms with Gasteiger partial charge in [0.1, 0.15) is 12.7 Å². The van der Waals surface area contributed by atoms with Crippen LogP contribution in [0.5, 0.6) is 0 Å². The van der Waals surface area contributed by atoms with Crippen LogP contribution in [-0.4, -0.2) is 80.9 Å². The summed E-state index contributed by atoms with van der Waals surface area (Å²) in [5.41, 5.74) is 0. The fourth-order valence-corrected chi connectivity index (χ4v) is 3.13. The molecular formula is C21H32O12. The molecule has 0 aromatic carbocycles. The van der Waals surface area contributed by atoms with Crippen LogP contribution in [0.25, 0.3) is 0 Å². The number of hydrogen-bond donors (Lipinski definition) is 0. The zero-order chi connectivity index (χ0) is 25.1. The highest BCUT2D eigenvalue weighted by molar-refractivity contribution is 5.69. The van der Waals surface area contributed by atoms with Crippen molar-refractivity contribution < 1.29 is 57.1 Å². The first-order chi connectivity index (χ1) is 15.4. The molecular weight excluding hydrogens is 444 g/mol. The van der Waals surface area contributed by atoms with Crippen molar-refractivity contribution in [3.05, 3.63) is 0 Å². The third kappa shape index (κ3) is 10.2. The Morgan fingerprint density at radius 2 is 1.36 bits per heavy atom. The number of esters is 5. The monoisotopic (exact) mass is 476 g/mol. The Morgan fingerprint density at radius 3 is 1.88 bits per heavy atom. The minimum atomic E-state index is -1.29. The summed E-state index contributed by atoms with van der Waals surface area (Å²) in [7, 11) is 1.29. The van der Waals surface area contributed by atoms with Crippen molar-refractivity contribution in [2.24, 2.45) is 5.92 Å². The second-order valence-electron chi connectivity index (χ2n) is 7.62. The number of carbonyl (C=O) groups excluding carboxylic acids is 5. The van der Waals surface area contributed by atoms with Crippen LogP contribution in [0.3, 0.4) is 0 Å². The van der Waals surface area contributed by atoms with Gasteiger partial charge in [-0.1, -0.05) is 6.92 Å². The summed E-state index contributed by atoms with van der Waals surface area (Å²) < 4.78 is 37.2. The SMILES string of the molecule is COC(=O)CCC(C)COC1O[C@H](COC(C)=O)[C@@H](OC(C)=O)[C@H](OC(C)=O)[C@H]1OC(C)=O. The van der Waals surface area contributed by atoms with Gasteiger partial charge in [0, 0.05) is 34.1 Å². The van der Waals surface area contributed by atoms with Gasteiger partial charge in [-0.25, -0.2) is 0 Å². The summed E-state index contributed by atoms with van der Waals surface area (Å²) in [4.78, 5) is 57.9. The van der Waals surface area contributed by atoms with Crippen LogP contribution in [0.2, 0.25) is 0 Å². The molecule has 0 N–H and O–H groups in total. The summed E-state index contributed by atoms with van der Waals surface area (Å²) >= 11 is 0. The molecule has 1 aliphatic heterocycles. The topological polar surface area (TPSA) is 150 Å². The first kappa shape index (κ1) is 28.3. The van der Waals surface area contributed by atoms with Gasteiger partial charge < -0.3 is 33.2 Å². The molecule has 12 heteroatoms. The predicted molar refractivity (Wildman–Crippen MR) is 108 cm³/mol. The molecule has 0 bridgehead atoms. The molecule has 0 aliphatic carbocycles. The first-order valence-corrected chi connectivity index (χ1v) is 10.4. The molecule has 6 atom stereocenters. The minimum Gasteiger partial charge on any atom is -0.469 e. The van der Waals surface area contributed by atoms with Crippen molar-refractivity contribution in [2.45, 2.75) is 78.2 Å². The molecule has 0 amide bonds. The summed E-state index contributed by atoms with van der Waals surface area (Å²) in [6.07, 6.45) is -5.50. The number of carbonyl (C=O) groups is 5. The van der Waals surface area contributed by atoms with E-state index >= 15 is 0 Å². The van der Waals surface area contributed by atoms with E-state index in [1.807, 2.05) is 6.92 Å². The van der Waals surface area contributed by atoms with Gasteiger partial charge in [0.25, 0.3) is 0 Å². The van der Waals surface area contributed by atoms with Crippen LogP contribution in [0, 0.1) is 5.92 Å². The van der Waals surface area contributed by atoms with E-state index in [2.05, 4.69) is 4.74 Å². The average Bonchev–Trinajstić information content (AvgIpc) is 2.71. The van der Waals surface area contributed by atoms with Gasteiger partial charge in [0.2, 0.25) is 0 Å². The summed E-state index contributed by atoms with van der Waals surface area (Å²) in [6, 6.07) is 0. The van der Waals surface area contributed by atoms with Gasteiger partial charge in [-0.2, -0.15) is 0 Å². The first-order valence-electron chi connectivity index (χ1n) is 10.4. The van der Waals surface area contributed by atoms with E-state index < -0.39 is 54.6 Å². The van der Waals surface area contributed by atoms with Crippen LogP contribution in [0.1, 0.15) is 47.5 Å². The maximum Gasteiger partial charge on any atom is 0.305 e. The Morgan fingerprint density at radius 1 is 0.818 bits per heavy atom. The van der Waals surface area contributed by atoms with Gasteiger partial charge in [-0.3, -0.25) is 24.0 Å². The molecule has 0 spiro atoms. The van der Waals surface area contributed by atoms with Gasteiger partial charge >= 0.3 is 29.8 Å². The lowest BCUT2D eigenvalue weighted by molar-refractivity contribution is -0.309. The van der Waals surface area contributed by atoms with E-state index in [4.69, 9.17) is 28.4 Å². The summed E-state index contributed by atoms with van der Waals surface area (Å²) in [6.45, 7) is 6.18. The lowest BCUT2D eigenvalue weighted by atomic mass is 9.98. The van der Waals surface area contributed by atoms with E-state index in [1.165, 1.54) is 14.0 Å². The average molecular weight is 476 g/mol. The zero-order valence-electron chi connectivity index (χ0n) is 19.7. The quantitative estimate of drug-likeness (QED) is 0.305. The number of methoxy groups -OCH3 is 1. The second kappa shape index (κ2) is 13.7. The number of rotatable bonds is 11. The third-order valence-corrected chi connectivity index (χ3v) is 4.56. The maximum atomic E-state index is 11.8. The van der Waals surface area contributed by atoms with E-state index in [0.29, 0.717) is 6.42 Å². The van der Waals surface area contributed by atoms with Crippen molar-refractivity contribution in [3.8, 4) is 0 Å². The van der Waals surface area contributed by atoms with Crippen molar-refractivity contribution in [2.75, 3.05) is 20.3 Å². The minimum absolute atomic E-state index is 0.0880. The smallest absolute Gasteiger partial charge is 0.305 e. The van der Waals surface area contributed by atoms with Gasteiger partial charge in [-0.15, -0.1) is 0 Å². The molecule has 0 saturated carbocycles. The van der Waals surface area contributed by atoms with Crippen LogP contribution in [0.4, 0.5) is 0 Å². The second-order valence-corrected chi connectivity index (χ2v) is 7.62. The normalized spacial score (nSPS) is 25.3. The zero-order valence-corrected chi connectivity index (χ0v) is 19.7. The van der Waals surface area contributed by atoms with Gasteiger partial charge in [0.05, 0.1) is 13.7 Å². The van der Waals surface area contributed by atoms with Crippen LogP contribution < -0.4 is 0 Å². The molecule has 1 fully saturated rings. The molecule has 0 aromatic heterocycles. The summed E-state index contributed by atoms with van der Waals surface area (Å²) in [5.74, 6) is -3.25. The lowest BCUT2D eigenvalue weighted by Crippen LogP contribution is -2.63. The summed E-state index contributed by atoms with van der Waals surface area (Å²) in [5, 5.41) is 0. The highest BCUT2D eigenvalue weighted by Gasteiger charge is 2.52.